The lowest BCUT2D eigenvalue weighted by Crippen LogP contribution is -2.36. The summed E-state index contributed by atoms with van der Waals surface area (Å²) in [4.78, 5) is 40.9. The van der Waals surface area contributed by atoms with Gasteiger partial charge in [-0.3, -0.25) is 24.3 Å². The van der Waals surface area contributed by atoms with E-state index in [0.717, 1.165) is 9.04 Å². The number of nitro groups is 1. The Labute approximate surface area is 173 Å². The second-order valence-electron chi connectivity index (χ2n) is 6.25. The molecule has 0 aliphatic heterocycles. The van der Waals surface area contributed by atoms with Crippen LogP contribution in [0.15, 0.2) is 58.1 Å². The number of amides is 1. The van der Waals surface area contributed by atoms with Crippen LogP contribution in [0.4, 0.5) is 5.69 Å². The number of carbonyl (C=O) groups is 1. The number of halogens is 1. The molecule has 0 radical (unpaired) electrons. The molecular weight excluding hydrogens is 444 g/mol. The van der Waals surface area contributed by atoms with Crippen molar-refractivity contribution in [1.82, 2.24) is 14.5 Å². The van der Waals surface area contributed by atoms with E-state index in [4.69, 9.17) is 4.74 Å². The highest BCUT2D eigenvalue weighted by molar-refractivity contribution is 9.10. The van der Waals surface area contributed by atoms with Gasteiger partial charge in [0.05, 0.1) is 28.7 Å². The zero-order chi connectivity index (χ0) is 21.0. The van der Waals surface area contributed by atoms with Crippen molar-refractivity contribution in [2.45, 2.75) is 6.54 Å². The lowest BCUT2D eigenvalue weighted by atomic mass is 10.2. The first-order valence-corrected chi connectivity index (χ1v) is 9.40. The molecule has 0 bridgehead atoms. The van der Waals surface area contributed by atoms with E-state index in [-0.39, 0.29) is 23.5 Å². The van der Waals surface area contributed by atoms with Crippen LogP contribution in [0.25, 0.3) is 10.9 Å². The van der Waals surface area contributed by atoms with E-state index in [1.165, 1.54) is 29.4 Å². The number of benzene rings is 2. The summed E-state index contributed by atoms with van der Waals surface area (Å²) < 4.78 is 7.67. The standard InChI is InChI=1S/C19H17BrN4O5/c1-22(8-9-29-15-5-2-13(20)3-6-15)18(25)11-23-12-21-17-7-4-14(24(27)28)10-16(17)19(23)26/h2-7,10,12H,8-9,11H2,1H3. The molecule has 0 saturated carbocycles. The van der Waals surface area contributed by atoms with Crippen molar-refractivity contribution in [1.29, 1.82) is 0 Å². The van der Waals surface area contributed by atoms with Gasteiger partial charge in [-0.2, -0.15) is 0 Å². The topological polar surface area (TPSA) is 108 Å². The highest BCUT2D eigenvalue weighted by atomic mass is 79.9. The van der Waals surface area contributed by atoms with Gasteiger partial charge in [-0.25, -0.2) is 4.98 Å². The molecule has 0 N–H and O–H groups in total. The minimum atomic E-state index is -0.583. The van der Waals surface area contributed by atoms with Crippen LogP contribution in [0.5, 0.6) is 5.75 Å². The lowest BCUT2D eigenvalue weighted by molar-refractivity contribution is -0.384. The molecule has 0 atom stereocenters. The molecule has 0 saturated heterocycles. The molecule has 0 spiro atoms. The number of hydrogen-bond donors (Lipinski definition) is 0. The number of nitrogens with zero attached hydrogens (tertiary/aromatic N) is 4. The number of nitro benzene ring substituents is 1. The minimum absolute atomic E-state index is 0.0933. The summed E-state index contributed by atoms with van der Waals surface area (Å²) in [7, 11) is 1.61. The van der Waals surface area contributed by atoms with Crippen LogP contribution in [-0.4, -0.2) is 45.5 Å². The summed E-state index contributed by atoms with van der Waals surface area (Å²) in [5.41, 5.74) is -0.380. The molecular formula is C19H17BrN4O5. The van der Waals surface area contributed by atoms with Crippen molar-refractivity contribution < 1.29 is 14.5 Å². The van der Waals surface area contributed by atoms with Crippen LogP contribution in [0, 0.1) is 10.1 Å². The Morgan fingerprint density at radius 1 is 1.28 bits per heavy atom. The number of ether oxygens (including phenoxy) is 1. The van der Waals surface area contributed by atoms with Gasteiger partial charge in [-0.15, -0.1) is 0 Å². The molecule has 0 fully saturated rings. The van der Waals surface area contributed by atoms with Gasteiger partial charge in [-0.05, 0) is 30.3 Å². The fourth-order valence-electron chi connectivity index (χ4n) is 2.60. The molecule has 2 aromatic carbocycles. The number of non-ortho nitro benzene ring substituents is 1. The Hall–Kier alpha value is -3.27. The molecule has 0 aliphatic carbocycles. The second-order valence-corrected chi connectivity index (χ2v) is 7.17. The summed E-state index contributed by atoms with van der Waals surface area (Å²) in [6.45, 7) is 0.399. The number of rotatable bonds is 7. The van der Waals surface area contributed by atoms with Crippen molar-refractivity contribution in [3.05, 3.63) is 73.7 Å². The number of hydrogen-bond acceptors (Lipinski definition) is 6. The third-order valence-corrected chi connectivity index (χ3v) is 4.79. The first kappa shape index (κ1) is 20.5. The van der Waals surface area contributed by atoms with Crippen LogP contribution < -0.4 is 10.3 Å². The molecule has 9 nitrogen and oxygen atoms in total. The van der Waals surface area contributed by atoms with E-state index >= 15 is 0 Å². The highest BCUT2D eigenvalue weighted by Crippen LogP contribution is 2.17. The molecule has 1 heterocycles. The smallest absolute Gasteiger partial charge is 0.270 e. The molecule has 1 amide bonds. The van der Waals surface area contributed by atoms with Crippen LogP contribution in [0.3, 0.4) is 0 Å². The van der Waals surface area contributed by atoms with Crippen LogP contribution in [0.2, 0.25) is 0 Å². The number of carbonyl (C=O) groups excluding carboxylic acids is 1. The average molecular weight is 461 g/mol. The largest absolute Gasteiger partial charge is 0.492 e. The highest BCUT2D eigenvalue weighted by Gasteiger charge is 2.14. The maximum atomic E-state index is 12.6. The summed E-state index contributed by atoms with van der Waals surface area (Å²) in [6, 6.07) is 11.2. The Bertz CT molecular complexity index is 1110. The van der Waals surface area contributed by atoms with E-state index in [9.17, 15) is 19.7 Å². The maximum absolute atomic E-state index is 12.6. The summed E-state index contributed by atoms with van der Waals surface area (Å²) in [6.07, 6.45) is 1.26. The van der Waals surface area contributed by atoms with Crippen molar-refractivity contribution >= 4 is 38.4 Å². The monoisotopic (exact) mass is 460 g/mol. The third-order valence-electron chi connectivity index (χ3n) is 4.26. The zero-order valence-corrected chi connectivity index (χ0v) is 17.0. The van der Waals surface area contributed by atoms with Crippen molar-refractivity contribution in [3.63, 3.8) is 0 Å². The van der Waals surface area contributed by atoms with Crippen LogP contribution >= 0.6 is 15.9 Å². The summed E-state index contributed by atoms with van der Waals surface area (Å²) in [5.74, 6) is 0.378. The normalized spacial score (nSPS) is 10.7. The lowest BCUT2D eigenvalue weighted by Gasteiger charge is -2.18. The molecule has 150 valence electrons. The van der Waals surface area contributed by atoms with Gasteiger partial charge < -0.3 is 9.64 Å². The molecule has 29 heavy (non-hydrogen) atoms. The van der Waals surface area contributed by atoms with Gasteiger partial charge >= 0.3 is 0 Å². The van der Waals surface area contributed by atoms with Crippen molar-refractivity contribution in [3.8, 4) is 5.75 Å². The van der Waals surface area contributed by atoms with Crippen LogP contribution in [-0.2, 0) is 11.3 Å². The predicted octanol–water partition coefficient (Wildman–Crippen LogP) is 2.60. The van der Waals surface area contributed by atoms with E-state index in [1.807, 2.05) is 24.3 Å². The Kier molecular flexibility index (Phi) is 6.23. The quantitative estimate of drug-likeness (QED) is 0.396. The Balaban J connectivity index is 1.65. The van der Waals surface area contributed by atoms with E-state index in [2.05, 4.69) is 20.9 Å². The molecule has 0 aliphatic rings. The average Bonchev–Trinajstić information content (AvgIpc) is 2.71. The summed E-state index contributed by atoms with van der Waals surface area (Å²) >= 11 is 3.34. The van der Waals surface area contributed by atoms with E-state index in [0.29, 0.717) is 24.4 Å². The Morgan fingerprint density at radius 3 is 2.69 bits per heavy atom. The van der Waals surface area contributed by atoms with Gasteiger partial charge in [-0.1, -0.05) is 15.9 Å². The zero-order valence-electron chi connectivity index (χ0n) is 15.4. The van der Waals surface area contributed by atoms with Gasteiger partial charge in [0, 0.05) is 23.7 Å². The van der Waals surface area contributed by atoms with E-state index < -0.39 is 10.5 Å². The maximum Gasteiger partial charge on any atom is 0.270 e. The number of fused-ring (bicyclic) bond motifs is 1. The first-order valence-electron chi connectivity index (χ1n) is 8.61. The molecule has 0 unspecified atom stereocenters. The van der Waals surface area contributed by atoms with Gasteiger partial charge in [0.1, 0.15) is 18.9 Å². The SMILES string of the molecule is CN(CCOc1ccc(Br)cc1)C(=O)Cn1cnc2ccc([N+](=O)[O-])cc2c1=O. The van der Waals surface area contributed by atoms with Crippen LogP contribution in [0.1, 0.15) is 0 Å². The molecule has 3 aromatic rings. The minimum Gasteiger partial charge on any atom is -0.492 e. The van der Waals surface area contributed by atoms with E-state index in [1.54, 1.807) is 7.05 Å². The third kappa shape index (κ3) is 4.96. The van der Waals surface area contributed by atoms with Crippen molar-refractivity contribution in [2.75, 3.05) is 20.2 Å². The fourth-order valence-corrected chi connectivity index (χ4v) is 2.86. The molecule has 10 heteroatoms. The second kappa shape index (κ2) is 8.82. The number of likely N-dealkylation sites (N-methyl/N-ethyl adjacent to an activating group) is 1. The van der Waals surface area contributed by atoms with Gasteiger partial charge in [0.2, 0.25) is 5.91 Å². The predicted molar refractivity (Wildman–Crippen MR) is 110 cm³/mol. The van der Waals surface area contributed by atoms with Crippen molar-refractivity contribution in [2.24, 2.45) is 0 Å². The van der Waals surface area contributed by atoms with Gasteiger partial charge in [0.25, 0.3) is 11.2 Å². The number of aromatic nitrogens is 2. The van der Waals surface area contributed by atoms with Gasteiger partial charge in [0.15, 0.2) is 0 Å². The fraction of sp³-hybridized carbons (Fsp3) is 0.211. The molecule has 1 aromatic heterocycles. The Morgan fingerprint density at radius 2 is 2.00 bits per heavy atom. The summed E-state index contributed by atoms with van der Waals surface area (Å²) in [5, 5.41) is 11.0. The molecule has 3 rings (SSSR count). The first-order chi connectivity index (χ1) is 13.8.